The van der Waals surface area contributed by atoms with Crippen molar-refractivity contribution < 1.29 is 52.6 Å². The first-order valence-electron chi connectivity index (χ1n) is 14.2. The van der Waals surface area contributed by atoms with Gasteiger partial charge in [-0.05, 0) is 37.9 Å². The number of aliphatic hydroxyl groups is 1. The third-order valence-electron chi connectivity index (χ3n) is 8.34. The number of cyclic esters (lactones) is 1. The van der Waals surface area contributed by atoms with Crippen molar-refractivity contribution in [3.63, 3.8) is 0 Å². The molecule has 0 aromatic rings. The molecule has 1 unspecified atom stereocenters. The maximum Gasteiger partial charge on any atom is 0.404 e. The zero-order valence-electron chi connectivity index (χ0n) is 25.7. The molecule has 0 aliphatic carbocycles. The van der Waals surface area contributed by atoms with Crippen molar-refractivity contribution in [3.8, 4) is 0 Å². The third kappa shape index (κ3) is 8.33. The van der Waals surface area contributed by atoms with E-state index in [0.29, 0.717) is 6.42 Å². The molecule has 3 heterocycles. The van der Waals surface area contributed by atoms with Crippen LogP contribution in [0.5, 0.6) is 0 Å². The first kappa shape index (κ1) is 35.4. The average molecular weight is 675 g/mol. The number of ketones is 1. The Kier molecular flexibility index (Phi) is 12.1. The van der Waals surface area contributed by atoms with Crippen molar-refractivity contribution in [1.82, 2.24) is 0 Å². The Morgan fingerprint density at radius 3 is 2.42 bits per heavy atom. The van der Waals surface area contributed by atoms with E-state index in [1.165, 1.54) is 27.2 Å². The zero-order valence-corrected chi connectivity index (χ0v) is 27.3. The summed E-state index contributed by atoms with van der Waals surface area (Å²) in [5, 5.41) is 11.9. The van der Waals surface area contributed by atoms with E-state index in [1.807, 2.05) is 0 Å². The van der Waals surface area contributed by atoms with Gasteiger partial charge in [0.25, 0.3) is 0 Å². The van der Waals surface area contributed by atoms with Crippen LogP contribution in [0.3, 0.4) is 0 Å². The molecule has 0 aromatic heterocycles. The summed E-state index contributed by atoms with van der Waals surface area (Å²) in [5.41, 5.74) is 4.94. The number of primary amides is 1. The van der Waals surface area contributed by atoms with Gasteiger partial charge in [0, 0.05) is 33.5 Å². The van der Waals surface area contributed by atoms with Crippen molar-refractivity contribution in [3.05, 3.63) is 34.9 Å². The highest BCUT2D eigenvalue weighted by Gasteiger charge is 2.55. The van der Waals surface area contributed by atoms with E-state index < -0.39 is 78.2 Å². The van der Waals surface area contributed by atoms with Gasteiger partial charge < -0.3 is 44.0 Å². The van der Waals surface area contributed by atoms with Gasteiger partial charge in [-0.3, -0.25) is 9.59 Å². The van der Waals surface area contributed by atoms with E-state index >= 15 is 0 Å². The monoisotopic (exact) mass is 673 g/mol. The first-order chi connectivity index (χ1) is 20.2. The van der Waals surface area contributed by atoms with Gasteiger partial charge in [0.1, 0.15) is 24.2 Å². The number of hydrogen-bond acceptors (Lipinski definition) is 11. The van der Waals surface area contributed by atoms with Gasteiger partial charge in [0.05, 0.1) is 23.7 Å². The Labute approximate surface area is 261 Å². The van der Waals surface area contributed by atoms with Crippen LogP contribution in [0.2, 0.25) is 0 Å². The molecule has 242 valence electrons. The Bertz CT molecular complexity index is 1110. The van der Waals surface area contributed by atoms with E-state index in [1.54, 1.807) is 50.9 Å². The molecule has 10 atom stereocenters. The number of allylic oxidation sites excluding steroid dienone is 3. The van der Waals surface area contributed by atoms with Crippen molar-refractivity contribution in [2.75, 3.05) is 14.2 Å². The Balaban J connectivity index is 1.98. The van der Waals surface area contributed by atoms with Gasteiger partial charge in [0.2, 0.25) is 0 Å². The number of esters is 1. The van der Waals surface area contributed by atoms with E-state index in [0.717, 1.165) is 5.57 Å². The molecule has 3 N–H and O–H groups in total. The van der Waals surface area contributed by atoms with Crippen LogP contribution in [-0.2, 0) is 42.7 Å². The summed E-state index contributed by atoms with van der Waals surface area (Å²) in [4.78, 5) is 40.3. The lowest BCUT2D eigenvalue weighted by Crippen LogP contribution is -2.62. The van der Waals surface area contributed by atoms with Crippen LogP contribution in [0.1, 0.15) is 53.9 Å². The summed E-state index contributed by atoms with van der Waals surface area (Å²) in [5.74, 6) is -4.08. The number of ether oxygens (including phenoxy) is 7. The molecule has 12 nitrogen and oxygen atoms in total. The number of rotatable bonds is 7. The highest BCUT2D eigenvalue weighted by Crippen LogP contribution is 2.43. The Morgan fingerprint density at radius 1 is 1.14 bits per heavy atom. The predicted molar refractivity (Wildman–Crippen MR) is 158 cm³/mol. The highest BCUT2D eigenvalue weighted by atomic mass is 79.9. The summed E-state index contributed by atoms with van der Waals surface area (Å²) in [6, 6.07) is 0. The van der Waals surface area contributed by atoms with Crippen molar-refractivity contribution in [2.24, 2.45) is 17.1 Å². The molecular weight excluding hydrogens is 630 g/mol. The minimum Gasteiger partial charge on any atom is -0.457 e. The molecule has 2 saturated heterocycles. The fraction of sp³-hybridized carbons (Fsp3) is 0.700. The molecule has 2 fully saturated rings. The molecule has 2 bridgehead atoms. The van der Waals surface area contributed by atoms with E-state index in [2.05, 4.69) is 15.9 Å². The molecule has 0 saturated carbocycles. The summed E-state index contributed by atoms with van der Waals surface area (Å²) in [6.45, 7) is 8.50. The second-order valence-corrected chi connectivity index (χ2v) is 12.4. The van der Waals surface area contributed by atoms with Gasteiger partial charge in [-0.2, -0.15) is 0 Å². The van der Waals surface area contributed by atoms with Gasteiger partial charge in [-0.25, -0.2) is 4.79 Å². The lowest BCUT2D eigenvalue weighted by Gasteiger charge is -2.49. The number of carbonyl (C=O) groups excluding carboxylic acids is 3. The standard InChI is InChI=1S/C30H44BrNO11/c1-16-12-19(10-8-9-11-31)40-26(34)17(2)30(36)15-20(14-22(43-30)29(4,5)21(33)13-16)41-27-25(38-7)24(42-28(32)35)23(37-6)18(3)39-27/h8-11,13,17-20,22-25,27,36H,12,14-15H2,1-7H3,(H2,32,35)/b10-8+,11-9+,16-13+/t17-,18+,19+,20?,22-,23+,24-,25-,27+,30+/m1/s1. The lowest BCUT2D eigenvalue weighted by molar-refractivity contribution is -0.347. The second kappa shape index (κ2) is 14.8. The maximum atomic E-state index is 13.6. The molecule has 3 aliphatic rings. The Hall–Kier alpha value is -2.13. The quantitative estimate of drug-likeness (QED) is 0.301. The fourth-order valence-corrected chi connectivity index (χ4v) is 5.86. The average Bonchev–Trinajstić information content (AvgIpc) is 2.91. The SMILES string of the molecule is CO[C@@H]1[C@@H](OC(N)=O)[C@@H](OC)[C@H](OC2C[C@H]3O[C@@](O)(C2)[C@H](C)C(=O)O[C@@H](/C=C/C=C/Br)C/C(C)=C/C(=O)C3(C)C)O[C@H]1C. The molecular formula is C30H44BrNO11. The van der Waals surface area contributed by atoms with Crippen molar-refractivity contribution >= 4 is 33.8 Å². The van der Waals surface area contributed by atoms with Gasteiger partial charge in [-0.15, -0.1) is 0 Å². The summed E-state index contributed by atoms with van der Waals surface area (Å²) in [6.07, 6.45) is -0.614. The number of amides is 1. The normalized spacial score (nSPS) is 40.3. The number of fused-ring (bicyclic) bond motifs is 2. The maximum absolute atomic E-state index is 13.6. The van der Waals surface area contributed by atoms with Crippen molar-refractivity contribution in [1.29, 1.82) is 0 Å². The van der Waals surface area contributed by atoms with Gasteiger partial charge >= 0.3 is 12.1 Å². The number of methoxy groups -OCH3 is 2. The smallest absolute Gasteiger partial charge is 0.404 e. The van der Waals surface area contributed by atoms with Crippen molar-refractivity contribution in [2.45, 2.75) is 109 Å². The number of nitrogens with two attached hydrogens (primary N) is 1. The predicted octanol–water partition coefficient (Wildman–Crippen LogP) is 3.44. The van der Waals surface area contributed by atoms with Crippen LogP contribution in [0.4, 0.5) is 4.79 Å². The largest absolute Gasteiger partial charge is 0.457 e. The van der Waals surface area contributed by atoms with Gasteiger partial charge in [0.15, 0.2) is 24.0 Å². The van der Waals surface area contributed by atoms with Crippen LogP contribution in [-0.4, -0.2) is 92.0 Å². The van der Waals surface area contributed by atoms with Crippen LogP contribution in [0.25, 0.3) is 0 Å². The minimum atomic E-state index is -2.05. The highest BCUT2D eigenvalue weighted by molar-refractivity contribution is 9.11. The number of hydrogen-bond donors (Lipinski definition) is 2. The second-order valence-electron chi connectivity index (χ2n) is 11.8. The first-order valence-corrected chi connectivity index (χ1v) is 15.2. The van der Waals surface area contributed by atoms with Gasteiger partial charge in [-0.1, -0.05) is 47.5 Å². The third-order valence-corrected chi connectivity index (χ3v) is 8.65. The number of carbonyl (C=O) groups is 3. The molecule has 0 spiro atoms. The molecule has 43 heavy (non-hydrogen) atoms. The summed E-state index contributed by atoms with van der Waals surface area (Å²) >= 11 is 3.20. The molecule has 3 aliphatic heterocycles. The van der Waals surface area contributed by atoms with Crippen LogP contribution in [0, 0.1) is 11.3 Å². The van der Waals surface area contributed by atoms with Crippen LogP contribution in [0.15, 0.2) is 34.9 Å². The van der Waals surface area contributed by atoms with Crippen LogP contribution >= 0.6 is 15.9 Å². The van der Waals surface area contributed by atoms with Crippen LogP contribution < -0.4 is 5.73 Å². The molecule has 1 amide bonds. The van der Waals surface area contributed by atoms with E-state index in [9.17, 15) is 19.5 Å². The molecule has 0 radical (unpaired) electrons. The lowest BCUT2D eigenvalue weighted by atomic mass is 9.75. The minimum absolute atomic E-state index is 0.147. The van der Waals surface area contributed by atoms with E-state index in [-0.39, 0.29) is 18.6 Å². The Morgan fingerprint density at radius 2 is 1.81 bits per heavy atom. The fourth-order valence-electron chi connectivity index (χ4n) is 5.69. The van der Waals surface area contributed by atoms with E-state index in [4.69, 9.17) is 38.9 Å². The molecule has 13 heteroatoms. The summed E-state index contributed by atoms with van der Waals surface area (Å²) < 4.78 is 40.9. The topological polar surface area (TPSA) is 162 Å². The summed E-state index contributed by atoms with van der Waals surface area (Å²) in [7, 11) is 2.85. The zero-order chi connectivity index (χ0) is 32.1. The molecule has 0 aromatic carbocycles. The molecule has 3 rings (SSSR count). The number of halogens is 1.